The molecule has 70 valence electrons. The van der Waals surface area contributed by atoms with E-state index in [1.165, 1.54) is 6.42 Å². The van der Waals surface area contributed by atoms with E-state index >= 15 is 0 Å². The quantitative estimate of drug-likeness (QED) is 0.601. The third kappa shape index (κ3) is 0.759. The van der Waals surface area contributed by atoms with E-state index in [0.29, 0.717) is 5.92 Å². The van der Waals surface area contributed by atoms with Crippen LogP contribution in [0.5, 0.6) is 0 Å². The van der Waals surface area contributed by atoms with Gasteiger partial charge in [-0.15, -0.1) is 0 Å². The van der Waals surface area contributed by atoms with Gasteiger partial charge in [0.2, 0.25) is 0 Å². The zero-order chi connectivity index (χ0) is 9.05. The van der Waals surface area contributed by atoms with E-state index in [2.05, 4.69) is 5.32 Å². The smallest absolute Gasteiger partial charge is 0.415 e. The first kappa shape index (κ1) is 7.35. The number of rotatable bonds is 0. The molecule has 0 aromatic heterocycles. The number of imide groups is 1. The molecule has 4 heteroatoms. The highest BCUT2D eigenvalue weighted by Gasteiger charge is 2.61. The summed E-state index contributed by atoms with van der Waals surface area (Å²) in [7, 11) is 0. The van der Waals surface area contributed by atoms with Crippen LogP contribution in [0.3, 0.4) is 0 Å². The first-order valence-corrected chi connectivity index (χ1v) is 4.75. The SMILES string of the molecule is O=C1NC(=O)C2(CC3CCC2C3)O1. The number of hydrogen-bond acceptors (Lipinski definition) is 3. The van der Waals surface area contributed by atoms with Gasteiger partial charge in [0.15, 0.2) is 5.60 Å². The fourth-order valence-electron chi connectivity index (χ4n) is 3.12. The molecule has 3 unspecified atom stereocenters. The molecule has 3 aliphatic rings. The molecule has 0 radical (unpaired) electrons. The van der Waals surface area contributed by atoms with E-state index in [-0.39, 0.29) is 11.8 Å². The van der Waals surface area contributed by atoms with E-state index in [4.69, 9.17) is 4.74 Å². The van der Waals surface area contributed by atoms with Crippen LogP contribution in [0.25, 0.3) is 0 Å². The van der Waals surface area contributed by atoms with Gasteiger partial charge in [0, 0.05) is 5.92 Å². The van der Waals surface area contributed by atoms with Crippen LogP contribution in [0.15, 0.2) is 0 Å². The minimum atomic E-state index is -0.764. The van der Waals surface area contributed by atoms with Gasteiger partial charge in [-0.3, -0.25) is 10.1 Å². The van der Waals surface area contributed by atoms with E-state index in [1.807, 2.05) is 0 Å². The lowest BCUT2D eigenvalue weighted by molar-refractivity contribution is -0.135. The maximum absolute atomic E-state index is 11.5. The van der Waals surface area contributed by atoms with Crippen molar-refractivity contribution in [3.8, 4) is 0 Å². The minimum Gasteiger partial charge on any atom is -0.432 e. The standard InChI is InChI=1S/C9H11NO3/c11-7-9(13-8(12)10-7)4-5-1-2-6(9)3-5/h5-6H,1-4H2,(H,10,11,12). The number of alkyl carbamates (subject to hydrolysis) is 1. The molecule has 0 aromatic carbocycles. The van der Waals surface area contributed by atoms with Crippen molar-refractivity contribution in [2.75, 3.05) is 0 Å². The summed E-state index contributed by atoms with van der Waals surface area (Å²) in [6, 6.07) is 0. The van der Waals surface area contributed by atoms with Gasteiger partial charge in [0.25, 0.3) is 5.91 Å². The van der Waals surface area contributed by atoms with Crippen LogP contribution in [0.1, 0.15) is 25.7 Å². The molecule has 3 atom stereocenters. The molecule has 3 fully saturated rings. The molecule has 2 saturated carbocycles. The maximum atomic E-state index is 11.5. The van der Waals surface area contributed by atoms with Gasteiger partial charge in [0.05, 0.1) is 0 Å². The number of hydrogen-bond donors (Lipinski definition) is 1. The van der Waals surface area contributed by atoms with Gasteiger partial charge in [-0.1, -0.05) is 0 Å². The first-order valence-electron chi connectivity index (χ1n) is 4.75. The Morgan fingerprint density at radius 3 is 2.69 bits per heavy atom. The number of carbonyl (C=O) groups is 2. The lowest BCUT2D eigenvalue weighted by Crippen LogP contribution is -2.43. The Morgan fingerprint density at radius 2 is 2.23 bits per heavy atom. The summed E-state index contributed by atoms with van der Waals surface area (Å²) in [5.74, 6) is 0.676. The summed E-state index contributed by atoms with van der Waals surface area (Å²) in [6.07, 6.45) is 3.47. The summed E-state index contributed by atoms with van der Waals surface area (Å²) in [5.41, 5.74) is -0.764. The molecule has 1 saturated heterocycles. The minimum absolute atomic E-state index is 0.204. The average molecular weight is 181 g/mol. The molecule has 0 aromatic rings. The number of carbonyl (C=O) groups excluding carboxylic acids is 2. The Balaban J connectivity index is 1.98. The van der Waals surface area contributed by atoms with Crippen LogP contribution in [0, 0.1) is 11.8 Å². The Kier molecular flexibility index (Phi) is 1.16. The van der Waals surface area contributed by atoms with Gasteiger partial charge in [-0.25, -0.2) is 4.79 Å². The van der Waals surface area contributed by atoms with E-state index < -0.39 is 11.7 Å². The van der Waals surface area contributed by atoms with Crippen LogP contribution in [-0.4, -0.2) is 17.6 Å². The normalized spacial score (nSPS) is 47.1. The van der Waals surface area contributed by atoms with Gasteiger partial charge < -0.3 is 4.74 Å². The largest absolute Gasteiger partial charge is 0.432 e. The molecular formula is C9H11NO3. The third-order valence-corrected chi connectivity index (χ3v) is 3.67. The third-order valence-electron chi connectivity index (χ3n) is 3.67. The molecule has 2 bridgehead atoms. The summed E-state index contributed by atoms with van der Waals surface area (Å²) >= 11 is 0. The zero-order valence-electron chi connectivity index (χ0n) is 7.21. The van der Waals surface area contributed by atoms with Crippen LogP contribution in [-0.2, 0) is 9.53 Å². The topological polar surface area (TPSA) is 55.4 Å². The number of nitrogens with one attached hydrogen (secondary N) is 1. The van der Waals surface area contributed by atoms with Gasteiger partial charge in [0.1, 0.15) is 0 Å². The molecule has 4 nitrogen and oxygen atoms in total. The monoisotopic (exact) mass is 181 g/mol. The van der Waals surface area contributed by atoms with E-state index in [1.54, 1.807) is 0 Å². The molecule has 1 N–H and O–H groups in total. The van der Waals surface area contributed by atoms with Crippen LogP contribution in [0.4, 0.5) is 4.79 Å². The number of fused-ring (bicyclic) bond motifs is 3. The molecular weight excluding hydrogens is 170 g/mol. The number of ether oxygens (including phenoxy) is 1. The van der Waals surface area contributed by atoms with Crippen molar-refractivity contribution in [3.63, 3.8) is 0 Å². The van der Waals surface area contributed by atoms with Crippen molar-refractivity contribution < 1.29 is 14.3 Å². The lowest BCUT2D eigenvalue weighted by atomic mass is 9.84. The Bertz CT molecular complexity index is 301. The Morgan fingerprint density at radius 1 is 1.38 bits per heavy atom. The molecule has 2 amide bonds. The molecule has 1 spiro atoms. The van der Waals surface area contributed by atoms with Crippen molar-refractivity contribution in [2.45, 2.75) is 31.3 Å². The van der Waals surface area contributed by atoms with Crippen molar-refractivity contribution in [1.29, 1.82) is 0 Å². The molecule has 1 aliphatic heterocycles. The predicted octanol–water partition coefficient (Wildman–Crippen LogP) is 0.812. The Hall–Kier alpha value is -1.06. The van der Waals surface area contributed by atoms with Gasteiger partial charge in [-0.05, 0) is 31.6 Å². The summed E-state index contributed by atoms with van der Waals surface area (Å²) in [4.78, 5) is 22.5. The zero-order valence-corrected chi connectivity index (χ0v) is 7.21. The maximum Gasteiger partial charge on any atom is 0.415 e. The van der Waals surface area contributed by atoms with Crippen molar-refractivity contribution in [3.05, 3.63) is 0 Å². The van der Waals surface area contributed by atoms with Gasteiger partial charge in [-0.2, -0.15) is 0 Å². The predicted molar refractivity (Wildman–Crippen MR) is 42.8 cm³/mol. The van der Waals surface area contributed by atoms with Crippen LogP contribution < -0.4 is 5.32 Å². The van der Waals surface area contributed by atoms with Gasteiger partial charge >= 0.3 is 6.09 Å². The molecule has 13 heavy (non-hydrogen) atoms. The second-order valence-corrected chi connectivity index (χ2v) is 4.31. The average Bonchev–Trinajstić information content (AvgIpc) is 2.68. The lowest BCUT2D eigenvalue weighted by Gasteiger charge is -2.28. The fraction of sp³-hybridized carbons (Fsp3) is 0.778. The van der Waals surface area contributed by atoms with Crippen molar-refractivity contribution in [2.24, 2.45) is 11.8 Å². The molecule has 2 aliphatic carbocycles. The second kappa shape index (κ2) is 2.05. The van der Waals surface area contributed by atoms with E-state index in [0.717, 1.165) is 19.3 Å². The molecule has 3 rings (SSSR count). The Labute approximate surface area is 75.6 Å². The second-order valence-electron chi connectivity index (χ2n) is 4.31. The van der Waals surface area contributed by atoms with E-state index in [9.17, 15) is 9.59 Å². The highest BCUT2D eigenvalue weighted by molar-refractivity contribution is 6.03. The first-order chi connectivity index (χ1) is 6.21. The highest BCUT2D eigenvalue weighted by atomic mass is 16.6. The fourth-order valence-corrected chi connectivity index (χ4v) is 3.12. The van der Waals surface area contributed by atoms with Crippen LogP contribution >= 0.6 is 0 Å². The van der Waals surface area contributed by atoms with Crippen LogP contribution in [0.2, 0.25) is 0 Å². The molecule has 1 heterocycles. The van der Waals surface area contributed by atoms with Crippen molar-refractivity contribution >= 4 is 12.0 Å². The number of amides is 2. The highest BCUT2D eigenvalue weighted by Crippen LogP contribution is 2.53. The summed E-state index contributed by atoms with van der Waals surface area (Å²) < 4.78 is 5.16. The van der Waals surface area contributed by atoms with Crippen molar-refractivity contribution in [1.82, 2.24) is 5.32 Å². The summed E-state index contributed by atoms with van der Waals surface area (Å²) in [5, 5.41) is 2.23. The summed E-state index contributed by atoms with van der Waals surface area (Å²) in [6.45, 7) is 0.